The van der Waals surface area contributed by atoms with E-state index in [1.807, 2.05) is 6.07 Å². The number of aryl methyl sites for hydroxylation is 1. The average Bonchev–Trinajstić information content (AvgIpc) is 2.34. The van der Waals surface area contributed by atoms with Gasteiger partial charge >= 0.3 is 0 Å². The molecular weight excluding hydrogens is 212 g/mol. The molecule has 0 radical (unpaired) electrons. The molecule has 0 atom stereocenters. The summed E-state index contributed by atoms with van der Waals surface area (Å²) in [5, 5.41) is 18.6. The van der Waals surface area contributed by atoms with E-state index in [2.05, 4.69) is 6.92 Å². The molecule has 0 spiro atoms. The lowest BCUT2D eigenvalue weighted by Crippen LogP contribution is -1.94. The van der Waals surface area contributed by atoms with E-state index in [1.54, 1.807) is 12.1 Å². The van der Waals surface area contributed by atoms with Crippen molar-refractivity contribution in [2.75, 3.05) is 0 Å². The van der Waals surface area contributed by atoms with E-state index < -0.39 is 0 Å². The number of hydrogen-bond donors (Lipinski definition) is 2. The average molecular weight is 236 g/mol. The minimum Gasteiger partial charge on any atom is -0.508 e. The number of unbranched alkanes of at least 4 members (excludes halogenated alkanes) is 5. The summed E-state index contributed by atoms with van der Waals surface area (Å²) < 4.78 is 0. The van der Waals surface area contributed by atoms with E-state index in [1.165, 1.54) is 32.1 Å². The molecule has 0 aromatic heterocycles. The smallest absolute Gasteiger partial charge is 0.115 e. The third kappa shape index (κ3) is 5.22. The summed E-state index contributed by atoms with van der Waals surface area (Å²) in [5.74, 6) is 0.295. The molecule has 1 rings (SSSR count). The van der Waals surface area contributed by atoms with E-state index in [4.69, 9.17) is 0 Å². The van der Waals surface area contributed by atoms with Crippen molar-refractivity contribution in [3.05, 3.63) is 29.3 Å². The Hall–Kier alpha value is -1.02. The Morgan fingerprint density at radius 1 is 0.941 bits per heavy atom. The van der Waals surface area contributed by atoms with Crippen molar-refractivity contribution in [3.63, 3.8) is 0 Å². The maximum Gasteiger partial charge on any atom is 0.115 e. The van der Waals surface area contributed by atoms with E-state index in [9.17, 15) is 10.2 Å². The van der Waals surface area contributed by atoms with Gasteiger partial charge in [-0.05, 0) is 36.1 Å². The van der Waals surface area contributed by atoms with Crippen molar-refractivity contribution >= 4 is 0 Å². The zero-order chi connectivity index (χ0) is 12.5. The van der Waals surface area contributed by atoms with Crippen LogP contribution in [0.25, 0.3) is 0 Å². The number of aliphatic hydroxyl groups is 1. The van der Waals surface area contributed by atoms with Gasteiger partial charge in [0, 0.05) is 0 Å². The molecule has 0 aliphatic carbocycles. The van der Waals surface area contributed by atoms with Gasteiger partial charge < -0.3 is 10.2 Å². The molecule has 0 saturated carbocycles. The lowest BCUT2D eigenvalue weighted by atomic mass is 10.0. The van der Waals surface area contributed by atoms with Gasteiger partial charge in [0.05, 0.1) is 6.61 Å². The van der Waals surface area contributed by atoms with Crippen LogP contribution in [0.15, 0.2) is 18.2 Å². The zero-order valence-corrected chi connectivity index (χ0v) is 10.8. The zero-order valence-electron chi connectivity index (χ0n) is 10.8. The molecule has 0 saturated heterocycles. The second kappa shape index (κ2) is 8.13. The quantitative estimate of drug-likeness (QED) is 0.674. The number of phenolic OH excluding ortho intramolecular Hbond substituents is 1. The Bertz CT molecular complexity index is 321. The van der Waals surface area contributed by atoms with Crippen molar-refractivity contribution < 1.29 is 10.2 Å². The van der Waals surface area contributed by atoms with Crippen LogP contribution in [0, 0.1) is 0 Å². The second-order valence-corrected chi connectivity index (χ2v) is 4.63. The molecule has 2 nitrogen and oxygen atoms in total. The molecule has 1 aromatic carbocycles. The van der Waals surface area contributed by atoms with E-state index in [0.717, 1.165) is 24.0 Å². The number of aromatic hydroxyl groups is 1. The van der Waals surface area contributed by atoms with Crippen LogP contribution >= 0.6 is 0 Å². The number of benzene rings is 1. The fraction of sp³-hybridized carbons (Fsp3) is 0.600. The van der Waals surface area contributed by atoms with E-state index in [-0.39, 0.29) is 6.61 Å². The molecule has 17 heavy (non-hydrogen) atoms. The van der Waals surface area contributed by atoms with Crippen LogP contribution < -0.4 is 0 Å². The molecule has 0 aliphatic rings. The number of aliphatic hydroxyl groups excluding tert-OH is 1. The minimum absolute atomic E-state index is 0.0610. The Morgan fingerprint density at radius 3 is 2.35 bits per heavy atom. The van der Waals surface area contributed by atoms with Crippen LogP contribution in [0.3, 0.4) is 0 Å². The van der Waals surface area contributed by atoms with E-state index in [0.29, 0.717) is 5.75 Å². The van der Waals surface area contributed by atoms with Gasteiger partial charge in [-0.2, -0.15) is 0 Å². The van der Waals surface area contributed by atoms with Crippen LogP contribution in [0.5, 0.6) is 5.75 Å². The largest absolute Gasteiger partial charge is 0.508 e. The predicted octanol–water partition coefficient (Wildman–Crippen LogP) is 3.79. The Morgan fingerprint density at radius 2 is 1.65 bits per heavy atom. The third-order valence-corrected chi connectivity index (χ3v) is 3.16. The van der Waals surface area contributed by atoms with Crippen molar-refractivity contribution in [1.82, 2.24) is 0 Å². The van der Waals surface area contributed by atoms with Gasteiger partial charge in [-0.3, -0.25) is 0 Å². The normalized spacial score (nSPS) is 10.7. The highest BCUT2D eigenvalue weighted by Gasteiger charge is 2.02. The maximum atomic E-state index is 9.42. The topological polar surface area (TPSA) is 40.5 Å². The molecule has 2 N–H and O–H groups in total. The van der Waals surface area contributed by atoms with Crippen LogP contribution in [-0.2, 0) is 13.0 Å². The Balaban J connectivity index is 2.32. The van der Waals surface area contributed by atoms with Crippen LogP contribution in [0.2, 0.25) is 0 Å². The maximum absolute atomic E-state index is 9.42. The standard InChI is InChI=1S/C15H24O2/c1-2-3-4-5-6-7-8-13-11-15(17)10-9-14(13)12-16/h9-11,16-17H,2-8,12H2,1H3. The molecule has 2 heteroatoms. The summed E-state index contributed by atoms with van der Waals surface area (Å²) in [6, 6.07) is 5.22. The molecule has 1 aromatic rings. The summed E-state index contributed by atoms with van der Waals surface area (Å²) in [6.45, 7) is 2.28. The van der Waals surface area contributed by atoms with Crippen LogP contribution in [0.4, 0.5) is 0 Å². The van der Waals surface area contributed by atoms with Gasteiger partial charge in [0.25, 0.3) is 0 Å². The predicted molar refractivity (Wildman–Crippen MR) is 71.1 cm³/mol. The number of phenols is 1. The first-order valence-corrected chi connectivity index (χ1v) is 6.69. The molecule has 0 fully saturated rings. The van der Waals surface area contributed by atoms with Gasteiger partial charge in [-0.25, -0.2) is 0 Å². The SMILES string of the molecule is CCCCCCCCc1cc(O)ccc1CO. The molecule has 0 aliphatic heterocycles. The van der Waals surface area contributed by atoms with Gasteiger partial charge in [0.1, 0.15) is 5.75 Å². The Kier molecular flexibility index (Phi) is 6.71. The molecule has 0 unspecified atom stereocenters. The molecule has 0 heterocycles. The molecule has 96 valence electrons. The summed E-state index contributed by atoms with van der Waals surface area (Å²) in [7, 11) is 0. The summed E-state index contributed by atoms with van der Waals surface area (Å²) in [5.41, 5.74) is 2.03. The fourth-order valence-corrected chi connectivity index (χ4v) is 2.10. The Labute approximate surface area is 104 Å². The lowest BCUT2D eigenvalue weighted by Gasteiger charge is -2.08. The summed E-state index contributed by atoms with van der Waals surface area (Å²) in [6.07, 6.45) is 8.55. The summed E-state index contributed by atoms with van der Waals surface area (Å²) in [4.78, 5) is 0. The van der Waals surface area contributed by atoms with Gasteiger partial charge in [-0.1, -0.05) is 45.1 Å². The number of hydrogen-bond acceptors (Lipinski definition) is 2. The lowest BCUT2D eigenvalue weighted by molar-refractivity contribution is 0.280. The van der Waals surface area contributed by atoms with Gasteiger partial charge in [0.15, 0.2) is 0 Å². The first kappa shape index (κ1) is 14.0. The molecule has 0 amide bonds. The second-order valence-electron chi connectivity index (χ2n) is 4.63. The molecular formula is C15H24O2. The highest BCUT2D eigenvalue weighted by molar-refractivity contribution is 5.34. The van der Waals surface area contributed by atoms with Crippen molar-refractivity contribution in [2.45, 2.75) is 58.5 Å². The van der Waals surface area contributed by atoms with Crippen molar-refractivity contribution in [1.29, 1.82) is 0 Å². The first-order valence-electron chi connectivity index (χ1n) is 6.69. The monoisotopic (exact) mass is 236 g/mol. The van der Waals surface area contributed by atoms with Gasteiger partial charge in [-0.15, -0.1) is 0 Å². The van der Waals surface area contributed by atoms with Crippen molar-refractivity contribution in [3.8, 4) is 5.75 Å². The van der Waals surface area contributed by atoms with Crippen molar-refractivity contribution in [2.24, 2.45) is 0 Å². The highest BCUT2D eigenvalue weighted by Crippen LogP contribution is 2.19. The fourth-order valence-electron chi connectivity index (χ4n) is 2.10. The summed E-state index contributed by atoms with van der Waals surface area (Å²) >= 11 is 0. The minimum atomic E-state index is 0.0610. The van der Waals surface area contributed by atoms with E-state index >= 15 is 0 Å². The third-order valence-electron chi connectivity index (χ3n) is 3.16. The first-order chi connectivity index (χ1) is 8.27. The van der Waals surface area contributed by atoms with Gasteiger partial charge in [0.2, 0.25) is 0 Å². The van der Waals surface area contributed by atoms with Crippen LogP contribution in [-0.4, -0.2) is 10.2 Å². The number of rotatable bonds is 8. The highest BCUT2D eigenvalue weighted by atomic mass is 16.3. The van der Waals surface area contributed by atoms with Crippen LogP contribution in [0.1, 0.15) is 56.6 Å². The molecule has 0 bridgehead atoms.